The Morgan fingerprint density at radius 3 is 1.51 bits per heavy atom. The van der Waals surface area contributed by atoms with Gasteiger partial charge < -0.3 is 29.9 Å². The maximum absolute atomic E-state index is 13.2. The topological polar surface area (TPSA) is 145 Å². The van der Waals surface area contributed by atoms with E-state index in [4.69, 9.17) is 21.1 Å². The van der Waals surface area contributed by atoms with Crippen LogP contribution in [0.4, 0.5) is 9.59 Å². The average molecular weight is 753 g/mol. The number of fused-ring (bicyclic) bond motifs is 2. The van der Waals surface area contributed by atoms with Gasteiger partial charge in [0.15, 0.2) is 11.6 Å². The minimum Gasteiger partial charge on any atom is -0.511 e. The van der Waals surface area contributed by atoms with Crippen LogP contribution in [0.3, 0.4) is 0 Å². The number of carbonyl (C=O) groups excluding carboxylic acids is 4. The summed E-state index contributed by atoms with van der Waals surface area (Å²) < 4.78 is 11.0. The molecule has 3 N–H and O–H groups in total. The van der Waals surface area contributed by atoms with Gasteiger partial charge in [0.2, 0.25) is 0 Å². The number of aliphatic hydroxyl groups is 1. The summed E-state index contributed by atoms with van der Waals surface area (Å²) >= 11 is 4.90. The van der Waals surface area contributed by atoms with Gasteiger partial charge in [0.25, 0.3) is 0 Å². The summed E-state index contributed by atoms with van der Waals surface area (Å²) in [4.78, 5) is 50.8. The number of Topliss-reactive ketones (excluding diaryl/α,β-unsaturated/α-hetero) is 2. The van der Waals surface area contributed by atoms with Crippen LogP contribution in [0.15, 0.2) is 35.8 Å². The van der Waals surface area contributed by atoms with E-state index in [-0.39, 0.29) is 40.7 Å². The first-order valence-electron chi connectivity index (χ1n) is 18.2. The second-order valence-electron chi connectivity index (χ2n) is 15.0. The highest BCUT2D eigenvalue weighted by atomic mass is 35.5. The standard InChI is InChI=1S/C21H27NO3.C18H22O3.C3H6ClNO.H2O/c1-12-10-13(2)17(14(3)11-12)18-19(23)15-8-6-7-9-16(15)20(18)25-21(24)22(4)5;1-10-8-12(21-3)9-11(2)15(10)16-17(19)13-6-4-5-7-14(13)18(16)20;1-5(2)3(4)6;/h10-11,15-16H,6-9H2,1-5H3;8-9,13-14,19H,4-7H2,1-3H3;1-2H3;1H2. The summed E-state index contributed by atoms with van der Waals surface area (Å²) in [6, 6.07) is 8.04. The van der Waals surface area contributed by atoms with Crippen LogP contribution in [0.1, 0.15) is 90.3 Å². The van der Waals surface area contributed by atoms with Crippen LogP contribution < -0.4 is 4.74 Å². The predicted molar refractivity (Wildman–Crippen MR) is 209 cm³/mol. The number of hydrogen-bond donors (Lipinski definition) is 1. The highest BCUT2D eigenvalue weighted by molar-refractivity contribution is 6.62. The van der Waals surface area contributed by atoms with Crippen molar-refractivity contribution in [2.75, 3.05) is 35.3 Å². The number of ketones is 2. The number of halogens is 1. The SMILES string of the molecule is CN(C)C(=O)Cl.COc1cc(C)c(C2=C(O)C3CCCCC3C2=O)c(C)c1.Cc1cc(C)c(C2=C(OC(=O)N(C)C)C3CCCCC3C2=O)c(C)c1.O. The number of ether oxygens (including phenoxy) is 2. The maximum atomic E-state index is 13.2. The third-order valence-corrected chi connectivity index (χ3v) is 11.1. The minimum absolute atomic E-state index is 0. The van der Waals surface area contributed by atoms with Crippen LogP contribution in [0.25, 0.3) is 11.1 Å². The molecule has 4 unspecified atom stereocenters. The zero-order chi connectivity index (χ0) is 38.6. The lowest BCUT2D eigenvalue weighted by Gasteiger charge is -2.26. The Labute approximate surface area is 319 Å². The van der Waals surface area contributed by atoms with Gasteiger partial charge in [0, 0.05) is 51.9 Å². The van der Waals surface area contributed by atoms with Gasteiger partial charge >= 0.3 is 11.5 Å². The van der Waals surface area contributed by atoms with E-state index in [1.165, 1.54) is 15.4 Å². The average Bonchev–Trinajstić information content (AvgIpc) is 3.50. The van der Waals surface area contributed by atoms with Crippen molar-refractivity contribution in [2.45, 2.75) is 86.0 Å². The third kappa shape index (κ3) is 9.33. The Morgan fingerprint density at radius 1 is 0.679 bits per heavy atom. The molecule has 11 heteroatoms. The highest BCUT2D eigenvalue weighted by Gasteiger charge is 2.46. The Kier molecular flexibility index (Phi) is 14.9. The number of methoxy groups -OCH3 is 1. The van der Waals surface area contributed by atoms with E-state index in [9.17, 15) is 24.3 Å². The summed E-state index contributed by atoms with van der Waals surface area (Å²) in [6.45, 7) is 10.1. The number of amides is 2. The largest absolute Gasteiger partial charge is 0.511 e. The van der Waals surface area contributed by atoms with Gasteiger partial charge in [-0.15, -0.1) is 0 Å². The van der Waals surface area contributed by atoms with E-state index in [0.29, 0.717) is 22.7 Å². The lowest BCUT2D eigenvalue weighted by atomic mass is 9.80. The molecular weight excluding hydrogens is 696 g/mol. The second-order valence-corrected chi connectivity index (χ2v) is 15.4. The normalized spacial score (nSPS) is 21.6. The summed E-state index contributed by atoms with van der Waals surface area (Å²) in [5.74, 6) is 2.04. The maximum Gasteiger partial charge on any atom is 0.414 e. The summed E-state index contributed by atoms with van der Waals surface area (Å²) in [7, 11) is 8.16. The molecule has 10 nitrogen and oxygen atoms in total. The van der Waals surface area contributed by atoms with E-state index in [0.717, 1.165) is 90.5 Å². The number of nitrogens with zero attached hydrogens (tertiary/aromatic N) is 2. The number of rotatable bonds is 4. The van der Waals surface area contributed by atoms with E-state index in [1.54, 1.807) is 35.3 Å². The molecule has 0 heterocycles. The van der Waals surface area contributed by atoms with Crippen LogP contribution in [0.5, 0.6) is 5.75 Å². The van der Waals surface area contributed by atoms with Crippen molar-refractivity contribution >= 4 is 45.8 Å². The van der Waals surface area contributed by atoms with Crippen molar-refractivity contribution < 1.29 is 39.2 Å². The van der Waals surface area contributed by atoms with E-state index < -0.39 is 11.5 Å². The molecule has 2 fully saturated rings. The molecule has 53 heavy (non-hydrogen) atoms. The zero-order valence-corrected chi connectivity index (χ0v) is 33.7. The van der Waals surface area contributed by atoms with Gasteiger partial charge in [-0.05, 0) is 117 Å². The first-order chi connectivity index (χ1) is 24.5. The minimum atomic E-state index is -0.435. The molecule has 4 aliphatic carbocycles. The Balaban J connectivity index is 0.000000246. The second kappa shape index (κ2) is 18.3. The van der Waals surface area contributed by atoms with E-state index in [2.05, 4.69) is 19.1 Å². The van der Waals surface area contributed by atoms with E-state index >= 15 is 0 Å². The smallest absolute Gasteiger partial charge is 0.414 e. The molecule has 2 saturated carbocycles. The fraction of sp³-hybridized carbons (Fsp3) is 0.524. The first kappa shape index (κ1) is 43.3. The number of aryl methyl sites for hydroxylation is 5. The lowest BCUT2D eigenvalue weighted by Crippen LogP contribution is -2.26. The summed E-state index contributed by atoms with van der Waals surface area (Å²) in [5, 5.41) is 10.2. The molecule has 0 spiro atoms. The lowest BCUT2D eigenvalue weighted by molar-refractivity contribution is -0.119. The zero-order valence-electron chi connectivity index (χ0n) is 32.9. The van der Waals surface area contributed by atoms with Crippen molar-refractivity contribution in [3.05, 3.63) is 74.7 Å². The molecule has 0 radical (unpaired) electrons. The number of aliphatic hydroxyl groups excluding tert-OH is 1. The summed E-state index contributed by atoms with van der Waals surface area (Å²) in [6.07, 6.45) is 7.58. The molecule has 2 amide bonds. The van der Waals surface area contributed by atoms with Crippen molar-refractivity contribution in [1.82, 2.24) is 9.80 Å². The van der Waals surface area contributed by atoms with Crippen molar-refractivity contribution in [1.29, 1.82) is 0 Å². The fourth-order valence-electron chi connectivity index (χ4n) is 8.34. The van der Waals surface area contributed by atoms with Gasteiger partial charge in [0.1, 0.15) is 17.3 Å². The molecular formula is C42H57ClN2O8. The quantitative estimate of drug-likeness (QED) is 0.244. The summed E-state index contributed by atoms with van der Waals surface area (Å²) in [5.41, 5.74) is 8.33. The van der Waals surface area contributed by atoms with Crippen LogP contribution in [-0.4, -0.2) is 78.7 Å². The Hall–Kier alpha value is -4.15. The number of benzene rings is 2. The monoisotopic (exact) mass is 752 g/mol. The molecule has 4 atom stereocenters. The fourth-order valence-corrected chi connectivity index (χ4v) is 8.34. The molecule has 0 aliphatic heterocycles. The predicted octanol–water partition coefficient (Wildman–Crippen LogP) is 8.46. The molecule has 0 saturated heterocycles. The van der Waals surface area contributed by atoms with Gasteiger partial charge in [-0.25, -0.2) is 4.79 Å². The van der Waals surface area contributed by atoms with Crippen LogP contribution in [0, 0.1) is 58.3 Å². The third-order valence-electron chi connectivity index (χ3n) is 10.7. The van der Waals surface area contributed by atoms with Gasteiger partial charge in [-0.1, -0.05) is 43.4 Å². The molecule has 4 aliphatic rings. The van der Waals surface area contributed by atoms with Crippen LogP contribution >= 0.6 is 11.6 Å². The van der Waals surface area contributed by atoms with Crippen molar-refractivity contribution in [2.24, 2.45) is 23.7 Å². The van der Waals surface area contributed by atoms with Crippen molar-refractivity contribution in [3.63, 3.8) is 0 Å². The molecule has 0 aromatic heterocycles. The molecule has 6 rings (SSSR count). The number of hydrogen-bond acceptors (Lipinski definition) is 7. The molecule has 2 aromatic carbocycles. The molecule has 290 valence electrons. The van der Waals surface area contributed by atoms with Gasteiger partial charge in [-0.2, -0.15) is 0 Å². The first-order valence-corrected chi connectivity index (χ1v) is 18.6. The highest BCUT2D eigenvalue weighted by Crippen LogP contribution is 2.49. The molecule has 2 aromatic rings. The number of allylic oxidation sites excluding steroid dienone is 4. The van der Waals surface area contributed by atoms with Crippen LogP contribution in [0.2, 0.25) is 0 Å². The number of carbonyl (C=O) groups is 4. The van der Waals surface area contributed by atoms with Crippen molar-refractivity contribution in [3.8, 4) is 5.75 Å². The van der Waals surface area contributed by atoms with Gasteiger partial charge in [0.05, 0.1) is 18.3 Å². The Bertz CT molecular complexity index is 1750. The Morgan fingerprint density at radius 2 is 1.08 bits per heavy atom. The van der Waals surface area contributed by atoms with E-state index in [1.807, 2.05) is 39.8 Å². The van der Waals surface area contributed by atoms with Crippen LogP contribution in [-0.2, 0) is 14.3 Å². The van der Waals surface area contributed by atoms with Gasteiger partial charge in [-0.3, -0.25) is 14.4 Å². The molecule has 0 bridgehead atoms.